The Balaban J connectivity index is 1.33. The lowest BCUT2D eigenvalue weighted by Gasteiger charge is -2.30. The number of carbonyl (C=O) groups excluding carboxylic acids is 1. The first-order chi connectivity index (χ1) is 12.7. The molecule has 0 unspecified atom stereocenters. The largest absolute Gasteiger partial charge is 0.440 e. The number of amides is 1. The highest BCUT2D eigenvalue weighted by Crippen LogP contribution is 2.30. The number of benzene rings is 2. The molecule has 1 amide bonds. The summed E-state index contributed by atoms with van der Waals surface area (Å²) in [6.07, 6.45) is 1.67. The third-order valence-corrected chi connectivity index (χ3v) is 5.73. The van der Waals surface area contributed by atoms with Crippen molar-refractivity contribution in [2.24, 2.45) is 0 Å². The molecule has 0 bridgehead atoms. The van der Waals surface area contributed by atoms with Crippen molar-refractivity contribution in [2.45, 2.75) is 23.7 Å². The van der Waals surface area contributed by atoms with Crippen LogP contribution in [0.4, 0.5) is 4.39 Å². The lowest BCUT2D eigenvalue weighted by atomic mass is 9.97. The predicted molar refractivity (Wildman–Crippen MR) is 99.7 cm³/mol. The van der Waals surface area contributed by atoms with Gasteiger partial charge in [0.05, 0.1) is 5.75 Å². The minimum atomic E-state index is -0.278. The van der Waals surface area contributed by atoms with Gasteiger partial charge in [-0.3, -0.25) is 4.79 Å². The van der Waals surface area contributed by atoms with Crippen molar-refractivity contribution in [1.29, 1.82) is 0 Å². The average molecular weight is 370 g/mol. The van der Waals surface area contributed by atoms with Crippen LogP contribution < -0.4 is 0 Å². The number of carbonyl (C=O) groups is 1. The quantitative estimate of drug-likeness (QED) is 0.636. The van der Waals surface area contributed by atoms with E-state index in [9.17, 15) is 9.18 Å². The molecule has 1 fully saturated rings. The number of piperidine rings is 1. The van der Waals surface area contributed by atoms with Gasteiger partial charge in [0.15, 0.2) is 11.5 Å². The third kappa shape index (κ3) is 3.60. The van der Waals surface area contributed by atoms with Gasteiger partial charge in [-0.15, -0.1) is 11.8 Å². The van der Waals surface area contributed by atoms with E-state index in [0.29, 0.717) is 18.0 Å². The molecule has 1 saturated heterocycles. The van der Waals surface area contributed by atoms with Crippen LogP contribution in [0.2, 0.25) is 0 Å². The molecular weight excluding hydrogens is 351 g/mol. The maximum atomic E-state index is 13.6. The number of para-hydroxylation sites is 2. The number of oxazole rings is 1. The second-order valence-corrected chi connectivity index (χ2v) is 7.41. The highest BCUT2D eigenvalue weighted by molar-refractivity contribution is 8.00. The first-order valence-electron chi connectivity index (χ1n) is 8.71. The van der Waals surface area contributed by atoms with Crippen LogP contribution >= 0.6 is 11.8 Å². The van der Waals surface area contributed by atoms with E-state index in [-0.39, 0.29) is 23.4 Å². The molecule has 4 rings (SSSR count). The zero-order chi connectivity index (χ0) is 17.9. The van der Waals surface area contributed by atoms with Gasteiger partial charge < -0.3 is 9.32 Å². The van der Waals surface area contributed by atoms with Crippen molar-refractivity contribution in [3.05, 3.63) is 60.2 Å². The topological polar surface area (TPSA) is 46.3 Å². The number of hydrogen-bond acceptors (Lipinski definition) is 4. The number of aromatic nitrogens is 1. The van der Waals surface area contributed by atoms with Crippen LogP contribution in [0.1, 0.15) is 24.7 Å². The number of thioether (sulfide) groups is 1. The second kappa shape index (κ2) is 7.50. The Morgan fingerprint density at radius 2 is 1.88 bits per heavy atom. The van der Waals surface area contributed by atoms with Crippen molar-refractivity contribution in [2.75, 3.05) is 18.8 Å². The number of likely N-dealkylation sites (tertiary alicyclic amines) is 1. The Morgan fingerprint density at radius 1 is 1.15 bits per heavy atom. The van der Waals surface area contributed by atoms with E-state index in [0.717, 1.165) is 29.8 Å². The lowest BCUT2D eigenvalue weighted by Crippen LogP contribution is -2.39. The fourth-order valence-corrected chi connectivity index (χ4v) is 4.08. The summed E-state index contributed by atoms with van der Waals surface area (Å²) in [6.45, 7) is 1.36. The van der Waals surface area contributed by atoms with Crippen LogP contribution in [0.5, 0.6) is 0 Å². The van der Waals surface area contributed by atoms with Crippen molar-refractivity contribution >= 4 is 28.8 Å². The average Bonchev–Trinajstić information content (AvgIpc) is 3.11. The molecule has 0 atom stereocenters. The van der Waals surface area contributed by atoms with Gasteiger partial charge in [0.25, 0.3) is 0 Å². The van der Waals surface area contributed by atoms with Crippen molar-refractivity contribution in [1.82, 2.24) is 9.88 Å². The van der Waals surface area contributed by atoms with Crippen molar-refractivity contribution < 1.29 is 13.6 Å². The van der Waals surface area contributed by atoms with Crippen LogP contribution in [0.15, 0.2) is 57.8 Å². The van der Waals surface area contributed by atoms with E-state index in [2.05, 4.69) is 4.98 Å². The van der Waals surface area contributed by atoms with Gasteiger partial charge in [-0.1, -0.05) is 24.3 Å². The summed E-state index contributed by atoms with van der Waals surface area (Å²) in [5.74, 6) is 1.04. The monoisotopic (exact) mass is 370 g/mol. The zero-order valence-corrected chi connectivity index (χ0v) is 15.0. The Hall–Kier alpha value is -2.34. The third-order valence-electron chi connectivity index (χ3n) is 4.70. The van der Waals surface area contributed by atoms with Crippen LogP contribution in [-0.4, -0.2) is 34.6 Å². The molecule has 6 heteroatoms. The van der Waals surface area contributed by atoms with Crippen molar-refractivity contribution in [3.63, 3.8) is 0 Å². The Morgan fingerprint density at radius 3 is 2.65 bits per heavy atom. The highest BCUT2D eigenvalue weighted by Gasteiger charge is 2.27. The van der Waals surface area contributed by atoms with Crippen LogP contribution in [0.3, 0.4) is 0 Å². The summed E-state index contributed by atoms with van der Waals surface area (Å²) in [5.41, 5.74) is 1.68. The number of fused-ring (bicyclic) bond motifs is 1. The number of halogens is 1. The Bertz CT molecular complexity index is 886. The predicted octanol–water partition coefficient (Wildman–Crippen LogP) is 4.47. The van der Waals surface area contributed by atoms with Crippen molar-refractivity contribution in [3.8, 4) is 0 Å². The van der Waals surface area contributed by atoms with E-state index in [4.69, 9.17) is 4.42 Å². The summed E-state index contributed by atoms with van der Waals surface area (Å²) < 4.78 is 19.5. The van der Waals surface area contributed by atoms with E-state index in [1.807, 2.05) is 29.2 Å². The number of nitrogens with zero attached hydrogens (tertiary/aromatic N) is 2. The molecule has 2 heterocycles. The van der Waals surface area contributed by atoms with E-state index < -0.39 is 0 Å². The minimum absolute atomic E-state index is 0.0502. The molecule has 0 radical (unpaired) electrons. The normalized spacial score (nSPS) is 15.5. The van der Waals surface area contributed by atoms with Crippen LogP contribution in [-0.2, 0) is 4.79 Å². The molecule has 26 heavy (non-hydrogen) atoms. The molecule has 0 aliphatic carbocycles. The summed E-state index contributed by atoms with van der Waals surface area (Å²) in [5, 5.41) is 0. The van der Waals surface area contributed by atoms with Gasteiger partial charge in [-0.2, -0.15) is 0 Å². The highest BCUT2D eigenvalue weighted by atomic mass is 32.2. The lowest BCUT2D eigenvalue weighted by molar-refractivity contribution is -0.129. The van der Waals surface area contributed by atoms with Gasteiger partial charge in [-0.05, 0) is 37.1 Å². The summed E-state index contributed by atoms with van der Waals surface area (Å²) in [7, 11) is 0. The first kappa shape index (κ1) is 17.1. The van der Waals surface area contributed by atoms with Gasteiger partial charge in [0, 0.05) is 23.9 Å². The second-order valence-electron chi connectivity index (χ2n) is 6.39. The molecule has 1 aromatic heterocycles. The maximum Gasteiger partial charge on any atom is 0.232 e. The Kier molecular flexibility index (Phi) is 4.93. The van der Waals surface area contributed by atoms with Crippen LogP contribution in [0, 0.1) is 5.82 Å². The van der Waals surface area contributed by atoms with Gasteiger partial charge >= 0.3 is 0 Å². The summed E-state index contributed by atoms with van der Waals surface area (Å²) in [4.78, 5) is 19.4. The molecule has 0 N–H and O–H groups in total. The molecule has 4 nitrogen and oxygen atoms in total. The van der Waals surface area contributed by atoms with Gasteiger partial charge in [0.2, 0.25) is 5.91 Å². The fourth-order valence-electron chi connectivity index (χ4n) is 3.23. The molecule has 0 spiro atoms. The maximum absolute atomic E-state index is 13.6. The van der Waals surface area contributed by atoms with Gasteiger partial charge in [-0.25, -0.2) is 9.37 Å². The summed E-state index contributed by atoms with van der Waals surface area (Å²) >= 11 is 1.25. The number of rotatable bonds is 4. The van der Waals surface area contributed by atoms with E-state index >= 15 is 0 Å². The molecular formula is C20H19FN2O2S. The molecule has 3 aromatic rings. The standard InChI is InChI=1S/C20H19FN2O2S/c21-15-5-1-4-8-18(15)26-13-19(24)23-11-9-14(10-12-23)20-22-16-6-2-3-7-17(16)25-20/h1-8,14H,9-13H2. The van der Waals surface area contributed by atoms with Crippen LogP contribution in [0.25, 0.3) is 11.1 Å². The zero-order valence-electron chi connectivity index (χ0n) is 14.2. The van der Waals surface area contributed by atoms with E-state index in [1.54, 1.807) is 18.2 Å². The molecule has 1 aliphatic heterocycles. The smallest absolute Gasteiger partial charge is 0.232 e. The van der Waals surface area contributed by atoms with Gasteiger partial charge in [0.1, 0.15) is 11.3 Å². The SMILES string of the molecule is O=C(CSc1ccccc1F)N1CCC(c2nc3ccccc3o2)CC1. The molecule has 2 aromatic carbocycles. The molecule has 0 saturated carbocycles. The molecule has 134 valence electrons. The minimum Gasteiger partial charge on any atom is -0.440 e. The molecule has 1 aliphatic rings. The first-order valence-corrected chi connectivity index (χ1v) is 9.70. The summed E-state index contributed by atoms with van der Waals surface area (Å²) in [6, 6.07) is 14.3. The number of hydrogen-bond donors (Lipinski definition) is 0. The Labute approximate surface area is 155 Å². The fraction of sp³-hybridized carbons (Fsp3) is 0.300. The van der Waals surface area contributed by atoms with E-state index in [1.165, 1.54) is 17.8 Å².